The molecule has 0 saturated carbocycles. The zero-order valence-corrected chi connectivity index (χ0v) is 14.2. The van der Waals surface area contributed by atoms with Crippen LogP contribution < -0.4 is 10.6 Å². The summed E-state index contributed by atoms with van der Waals surface area (Å²) in [5.74, 6) is -0.143. The molecule has 110 valence electrons. The number of rotatable bonds is 4. The van der Waals surface area contributed by atoms with Crippen molar-refractivity contribution in [1.82, 2.24) is 0 Å². The normalized spacial score (nSPS) is 10.3. The lowest BCUT2D eigenvalue weighted by atomic mass is 10.1. The maximum absolute atomic E-state index is 12.3. The molecule has 0 unspecified atom stereocenters. The fourth-order valence-corrected chi connectivity index (χ4v) is 2.47. The molecular weight excluding hydrogens is 352 g/mol. The lowest BCUT2D eigenvalue weighted by Crippen LogP contribution is -2.12. The number of aryl methyl sites for hydroxylation is 1. The van der Waals surface area contributed by atoms with Crippen molar-refractivity contribution >= 4 is 44.8 Å². The van der Waals surface area contributed by atoms with Crippen LogP contribution >= 0.6 is 27.5 Å². The molecule has 0 aliphatic carbocycles. The highest BCUT2D eigenvalue weighted by molar-refractivity contribution is 9.10. The van der Waals surface area contributed by atoms with Crippen LogP contribution in [0.3, 0.4) is 0 Å². The third-order valence-corrected chi connectivity index (χ3v) is 4.25. The van der Waals surface area contributed by atoms with Gasteiger partial charge in [0.25, 0.3) is 5.91 Å². The zero-order valence-electron chi connectivity index (χ0n) is 11.8. The minimum absolute atomic E-state index is 0.143. The van der Waals surface area contributed by atoms with E-state index in [1.54, 1.807) is 18.2 Å². The largest absolute Gasteiger partial charge is 0.385 e. The summed E-state index contributed by atoms with van der Waals surface area (Å²) in [6.07, 6.45) is 0. The van der Waals surface area contributed by atoms with Gasteiger partial charge in [-0.3, -0.25) is 4.79 Å². The van der Waals surface area contributed by atoms with Gasteiger partial charge in [0.05, 0.1) is 5.02 Å². The number of nitrogens with one attached hydrogen (secondary N) is 2. The summed E-state index contributed by atoms with van der Waals surface area (Å²) in [5.41, 5.74) is 3.41. The summed E-state index contributed by atoms with van der Waals surface area (Å²) in [6.45, 7) is 4.87. The summed E-state index contributed by atoms with van der Waals surface area (Å²) >= 11 is 9.27. The van der Waals surface area contributed by atoms with Crippen LogP contribution in [0, 0.1) is 6.92 Å². The second-order valence-corrected chi connectivity index (χ2v) is 5.90. The zero-order chi connectivity index (χ0) is 15.4. The first-order valence-electron chi connectivity index (χ1n) is 6.62. The molecule has 0 fully saturated rings. The van der Waals surface area contributed by atoms with E-state index in [2.05, 4.69) is 26.6 Å². The van der Waals surface area contributed by atoms with E-state index >= 15 is 0 Å². The summed E-state index contributed by atoms with van der Waals surface area (Å²) in [5, 5.41) is 6.72. The van der Waals surface area contributed by atoms with E-state index in [1.165, 1.54) is 0 Å². The molecule has 0 radical (unpaired) electrons. The third-order valence-electron chi connectivity index (χ3n) is 3.03. The highest BCUT2D eigenvalue weighted by Gasteiger charge is 2.09. The summed E-state index contributed by atoms with van der Waals surface area (Å²) in [7, 11) is 0. The molecule has 0 aromatic heterocycles. The maximum Gasteiger partial charge on any atom is 0.255 e. The number of amides is 1. The van der Waals surface area contributed by atoms with Crippen LogP contribution in [0.5, 0.6) is 0 Å². The van der Waals surface area contributed by atoms with Gasteiger partial charge < -0.3 is 10.6 Å². The number of hydrogen-bond acceptors (Lipinski definition) is 2. The van der Waals surface area contributed by atoms with E-state index in [4.69, 9.17) is 11.6 Å². The Bertz CT molecular complexity index is 673. The highest BCUT2D eigenvalue weighted by Crippen LogP contribution is 2.26. The molecule has 2 N–H and O–H groups in total. The standard InChI is InChI=1S/C16H16BrClN2O/c1-3-19-15-7-4-11(8-10(15)2)16(21)20-12-5-6-14(18)13(17)9-12/h4-9,19H,3H2,1-2H3,(H,20,21). The molecule has 1 amide bonds. The molecule has 2 aromatic carbocycles. The van der Waals surface area contributed by atoms with Crippen LogP contribution in [-0.2, 0) is 0 Å². The van der Waals surface area contributed by atoms with Crippen LogP contribution in [-0.4, -0.2) is 12.5 Å². The van der Waals surface area contributed by atoms with Crippen molar-refractivity contribution in [2.75, 3.05) is 17.2 Å². The summed E-state index contributed by atoms with van der Waals surface area (Å²) in [4.78, 5) is 12.3. The minimum atomic E-state index is -0.143. The first-order chi connectivity index (χ1) is 10.0. The number of carbonyl (C=O) groups is 1. The van der Waals surface area contributed by atoms with Crippen molar-refractivity contribution in [3.63, 3.8) is 0 Å². The Labute approximate surface area is 137 Å². The molecule has 0 atom stereocenters. The van der Waals surface area contributed by atoms with Gasteiger partial charge >= 0.3 is 0 Å². The van der Waals surface area contributed by atoms with Gasteiger partial charge in [-0.25, -0.2) is 0 Å². The monoisotopic (exact) mass is 366 g/mol. The molecule has 2 rings (SSSR count). The number of carbonyl (C=O) groups excluding carboxylic acids is 1. The van der Waals surface area contributed by atoms with Crippen LogP contribution in [0.4, 0.5) is 11.4 Å². The molecule has 21 heavy (non-hydrogen) atoms. The average molecular weight is 368 g/mol. The van der Waals surface area contributed by atoms with E-state index < -0.39 is 0 Å². The summed E-state index contributed by atoms with van der Waals surface area (Å²) < 4.78 is 0.751. The Hall–Kier alpha value is -1.52. The van der Waals surface area contributed by atoms with Crippen LogP contribution in [0.25, 0.3) is 0 Å². The van der Waals surface area contributed by atoms with Gasteiger partial charge in [-0.15, -0.1) is 0 Å². The minimum Gasteiger partial charge on any atom is -0.385 e. The number of halogens is 2. The first kappa shape index (κ1) is 15.9. The van der Waals surface area contributed by atoms with Crippen LogP contribution in [0.1, 0.15) is 22.8 Å². The number of benzene rings is 2. The number of hydrogen-bond donors (Lipinski definition) is 2. The molecule has 0 heterocycles. The fraction of sp³-hybridized carbons (Fsp3) is 0.188. The van der Waals surface area contributed by atoms with Crippen LogP contribution in [0.2, 0.25) is 5.02 Å². The quantitative estimate of drug-likeness (QED) is 0.790. The topological polar surface area (TPSA) is 41.1 Å². The second kappa shape index (κ2) is 6.96. The lowest BCUT2D eigenvalue weighted by molar-refractivity contribution is 0.102. The fourth-order valence-electron chi connectivity index (χ4n) is 1.97. The molecule has 2 aromatic rings. The smallest absolute Gasteiger partial charge is 0.255 e. The molecule has 0 aliphatic heterocycles. The molecular formula is C16H16BrClN2O. The lowest BCUT2D eigenvalue weighted by Gasteiger charge is -2.10. The molecule has 0 saturated heterocycles. The van der Waals surface area contributed by atoms with Crippen molar-refractivity contribution < 1.29 is 4.79 Å². The van der Waals surface area contributed by atoms with E-state index in [0.29, 0.717) is 16.3 Å². The van der Waals surface area contributed by atoms with Crippen molar-refractivity contribution in [3.8, 4) is 0 Å². The molecule has 0 spiro atoms. The van der Waals surface area contributed by atoms with Gasteiger partial charge in [-0.2, -0.15) is 0 Å². The highest BCUT2D eigenvalue weighted by atomic mass is 79.9. The Morgan fingerprint density at radius 2 is 2.00 bits per heavy atom. The number of anilines is 2. The molecule has 0 bridgehead atoms. The average Bonchev–Trinajstić information content (AvgIpc) is 2.45. The Kier molecular flexibility index (Phi) is 5.26. The van der Waals surface area contributed by atoms with Gasteiger partial charge in [0.1, 0.15) is 0 Å². The van der Waals surface area contributed by atoms with Gasteiger partial charge in [0, 0.05) is 28.0 Å². The molecule has 5 heteroatoms. The Morgan fingerprint density at radius 3 is 2.62 bits per heavy atom. The van der Waals surface area contributed by atoms with E-state index in [0.717, 1.165) is 22.3 Å². The van der Waals surface area contributed by atoms with E-state index in [1.807, 2.05) is 32.0 Å². The summed E-state index contributed by atoms with van der Waals surface area (Å²) in [6, 6.07) is 10.9. The van der Waals surface area contributed by atoms with Gasteiger partial charge in [0.15, 0.2) is 0 Å². The van der Waals surface area contributed by atoms with Crippen LogP contribution in [0.15, 0.2) is 40.9 Å². The third kappa shape index (κ3) is 3.99. The SMILES string of the molecule is CCNc1ccc(C(=O)Nc2ccc(Cl)c(Br)c2)cc1C. The van der Waals surface area contributed by atoms with Crippen molar-refractivity contribution in [2.24, 2.45) is 0 Å². The Morgan fingerprint density at radius 1 is 1.24 bits per heavy atom. The van der Waals surface area contributed by atoms with Crippen molar-refractivity contribution in [3.05, 3.63) is 57.0 Å². The molecule has 3 nitrogen and oxygen atoms in total. The van der Waals surface area contributed by atoms with Crippen molar-refractivity contribution in [1.29, 1.82) is 0 Å². The first-order valence-corrected chi connectivity index (χ1v) is 7.79. The van der Waals surface area contributed by atoms with Crippen molar-refractivity contribution in [2.45, 2.75) is 13.8 Å². The van der Waals surface area contributed by atoms with Gasteiger partial charge in [-0.1, -0.05) is 11.6 Å². The predicted octanol–water partition coefficient (Wildman–Crippen LogP) is 5.10. The maximum atomic E-state index is 12.3. The predicted molar refractivity (Wildman–Crippen MR) is 92.4 cm³/mol. The second-order valence-electron chi connectivity index (χ2n) is 4.64. The Balaban J connectivity index is 2.16. The molecule has 0 aliphatic rings. The van der Waals surface area contributed by atoms with E-state index in [-0.39, 0.29) is 5.91 Å². The van der Waals surface area contributed by atoms with E-state index in [9.17, 15) is 4.79 Å². The van der Waals surface area contributed by atoms with Gasteiger partial charge in [0.2, 0.25) is 0 Å². The van der Waals surface area contributed by atoms with Gasteiger partial charge in [-0.05, 0) is 71.7 Å².